The van der Waals surface area contributed by atoms with Crippen LogP contribution in [0.25, 0.3) is 0 Å². The van der Waals surface area contributed by atoms with Gasteiger partial charge in [0.15, 0.2) is 0 Å². The number of hydrogen-bond acceptors (Lipinski definition) is 4. The fourth-order valence-electron chi connectivity index (χ4n) is 2.59. The maximum absolute atomic E-state index is 13.7. The molecule has 3 amide bonds. The molecule has 0 radical (unpaired) electrons. The van der Waals surface area contributed by atoms with Crippen LogP contribution in [-0.4, -0.2) is 43.3 Å². The van der Waals surface area contributed by atoms with E-state index in [1.165, 1.54) is 18.2 Å². The molecule has 0 bridgehead atoms. The minimum atomic E-state index is -4.05. The van der Waals surface area contributed by atoms with E-state index in [1.54, 1.807) is 0 Å². The third-order valence-corrected chi connectivity index (χ3v) is 5.58. The van der Waals surface area contributed by atoms with E-state index in [9.17, 15) is 22.4 Å². The van der Waals surface area contributed by atoms with E-state index in [-0.39, 0.29) is 19.5 Å². The van der Waals surface area contributed by atoms with Gasteiger partial charge < -0.3 is 5.32 Å². The summed E-state index contributed by atoms with van der Waals surface area (Å²) in [4.78, 5) is 22.6. The van der Waals surface area contributed by atoms with Crippen LogP contribution in [0, 0.1) is 5.82 Å². The molecule has 1 spiro atoms. The van der Waals surface area contributed by atoms with Gasteiger partial charge in [0, 0.05) is 13.1 Å². The molecule has 3 rings (SSSR count). The van der Waals surface area contributed by atoms with E-state index >= 15 is 0 Å². The number of nitrogens with one attached hydrogen (secondary N) is 2. The van der Waals surface area contributed by atoms with E-state index in [2.05, 4.69) is 10.6 Å². The first-order chi connectivity index (χ1) is 9.85. The van der Waals surface area contributed by atoms with Crippen LogP contribution in [0.1, 0.15) is 6.42 Å². The van der Waals surface area contributed by atoms with Crippen molar-refractivity contribution >= 4 is 22.0 Å². The van der Waals surface area contributed by atoms with Crippen LogP contribution in [0.5, 0.6) is 0 Å². The van der Waals surface area contributed by atoms with Gasteiger partial charge >= 0.3 is 6.03 Å². The number of carbonyl (C=O) groups is 2. The van der Waals surface area contributed by atoms with E-state index in [1.807, 2.05) is 0 Å². The third kappa shape index (κ3) is 2.09. The van der Waals surface area contributed by atoms with Gasteiger partial charge in [-0.3, -0.25) is 10.1 Å². The van der Waals surface area contributed by atoms with Crippen LogP contribution in [0.3, 0.4) is 0 Å². The first-order valence-corrected chi connectivity index (χ1v) is 7.67. The first-order valence-electron chi connectivity index (χ1n) is 6.23. The van der Waals surface area contributed by atoms with Crippen LogP contribution in [0.15, 0.2) is 29.2 Å². The summed E-state index contributed by atoms with van der Waals surface area (Å²) in [6.07, 6.45) is 0.151. The lowest BCUT2D eigenvalue weighted by molar-refractivity contribution is -0.123. The minimum absolute atomic E-state index is 0.0321. The van der Waals surface area contributed by atoms with Crippen molar-refractivity contribution in [3.63, 3.8) is 0 Å². The predicted octanol–water partition coefficient (Wildman–Crippen LogP) is -0.202. The fraction of sp³-hybridized carbons (Fsp3) is 0.333. The van der Waals surface area contributed by atoms with Gasteiger partial charge in [-0.25, -0.2) is 17.6 Å². The highest BCUT2D eigenvalue weighted by molar-refractivity contribution is 7.89. The number of imide groups is 1. The molecular weight excluding hydrogens is 301 g/mol. The van der Waals surface area contributed by atoms with E-state index in [4.69, 9.17) is 0 Å². The van der Waals surface area contributed by atoms with Crippen LogP contribution in [0.2, 0.25) is 0 Å². The Morgan fingerprint density at radius 2 is 1.95 bits per heavy atom. The van der Waals surface area contributed by atoms with E-state index < -0.39 is 38.2 Å². The summed E-state index contributed by atoms with van der Waals surface area (Å²) in [5, 5.41) is 4.54. The number of benzene rings is 1. The molecule has 0 aromatic heterocycles. The van der Waals surface area contributed by atoms with Gasteiger partial charge in [0.25, 0.3) is 5.91 Å². The summed E-state index contributed by atoms with van der Waals surface area (Å²) in [6.45, 7) is -0.175. The molecular formula is C12H12FN3O4S. The Morgan fingerprint density at radius 3 is 2.57 bits per heavy atom. The van der Waals surface area contributed by atoms with Gasteiger partial charge in [-0.15, -0.1) is 0 Å². The smallest absolute Gasteiger partial charge is 0.322 e. The third-order valence-electron chi connectivity index (χ3n) is 3.70. The number of nitrogens with zero attached hydrogens (tertiary/aromatic N) is 1. The van der Waals surface area contributed by atoms with E-state index in [0.717, 1.165) is 10.4 Å². The molecule has 7 nitrogen and oxygen atoms in total. The molecule has 2 aliphatic rings. The Kier molecular flexibility index (Phi) is 2.99. The Hall–Kier alpha value is -2.00. The topological polar surface area (TPSA) is 95.6 Å². The van der Waals surface area contributed by atoms with Crippen molar-refractivity contribution < 1.29 is 22.4 Å². The molecule has 1 aromatic carbocycles. The lowest BCUT2D eigenvalue weighted by Gasteiger charge is -2.21. The quantitative estimate of drug-likeness (QED) is 0.739. The van der Waals surface area contributed by atoms with Crippen molar-refractivity contribution in [1.29, 1.82) is 0 Å². The predicted molar refractivity (Wildman–Crippen MR) is 69.2 cm³/mol. The van der Waals surface area contributed by atoms with Crippen LogP contribution in [-0.2, 0) is 14.8 Å². The molecule has 0 saturated carbocycles. The standard InChI is InChI=1S/C12H12FN3O4S/c13-8-3-1-2-4-9(8)21(19,20)16-6-5-12(7-16)10(17)14-11(18)15-12/h1-4H,5-7H2,(H2,14,15,17,18). The molecule has 1 unspecified atom stereocenters. The fourth-order valence-corrected chi connectivity index (χ4v) is 4.15. The van der Waals surface area contributed by atoms with Gasteiger partial charge in [-0.05, 0) is 18.6 Å². The second-order valence-electron chi connectivity index (χ2n) is 5.01. The van der Waals surface area contributed by atoms with Crippen LogP contribution < -0.4 is 10.6 Å². The number of amides is 3. The van der Waals surface area contributed by atoms with Crippen molar-refractivity contribution in [1.82, 2.24) is 14.9 Å². The SMILES string of the molecule is O=C1NC(=O)C2(CCN(S(=O)(=O)c3ccccc3F)C2)N1. The highest BCUT2D eigenvalue weighted by atomic mass is 32.2. The number of halogens is 1. The largest absolute Gasteiger partial charge is 0.322 e. The van der Waals surface area contributed by atoms with Crippen LogP contribution in [0.4, 0.5) is 9.18 Å². The molecule has 1 atom stereocenters. The summed E-state index contributed by atoms with van der Waals surface area (Å²) >= 11 is 0. The normalized spacial score (nSPS) is 26.1. The number of rotatable bonds is 2. The molecule has 9 heteroatoms. The van der Waals surface area contributed by atoms with Crippen molar-refractivity contribution in [3.05, 3.63) is 30.1 Å². The molecule has 2 fully saturated rings. The van der Waals surface area contributed by atoms with Crippen LogP contribution >= 0.6 is 0 Å². The first kappa shape index (κ1) is 14.0. The molecule has 2 saturated heterocycles. The average Bonchev–Trinajstić information content (AvgIpc) is 2.95. The van der Waals surface area contributed by atoms with Crippen molar-refractivity contribution in [3.8, 4) is 0 Å². The number of urea groups is 1. The van der Waals surface area contributed by atoms with Gasteiger partial charge in [0.1, 0.15) is 16.3 Å². The molecule has 21 heavy (non-hydrogen) atoms. The number of hydrogen-bond donors (Lipinski definition) is 2. The van der Waals surface area contributed by atoms with Crippen molar-refractivity contribution in [2.24, 2.45) is 0 Å². The Morgan fingerprint density at radius 1 is 1.24 bits per heavy atom. The summed E-state index contributed by atoms with van der Waals surface area (Å²) in [5.74, 6) is -1.41. The van der Waals surface area contributed by atoms with Gasteiger partial charge in [0.2, 0.25) is 10.0 Å². The maximum Gasteiger partial charge on any atom is 0.322 e. The summed E-state index contributed by atoms with van der Waals surface area (Å²) < 4.78 is 39.6. The molecule has 2 N–H and O–H groups in total. The average molecular weight is 313 g/mol. The lowest BCUT2D eigenvalue weighted by atomic mass is 10.00. The van der Waals surface area contributed by atoms with E-state index in [0.29, 0.717) is 0 Å². The molecule has 0 aliphatic carbocycles. The van der Waals surface area contributed by atoms with Crippen molar-refractivity contribution in [2.45, 2.75) is 16.9 Å². The summed E-state index contributed by atoms with van der Waals surface area (Å²) in [5.41, 5.74) is -1.25. The number of sulfonamides is 1. The Labute approximate surface area is 120 Å². The second kappa shape index (κ2) is 4.50. The van der Waals surface area contributed by atoms with Gasteiger partial charge in [0.05, 0.1) is 0 Å². The monoisotopic (exact) mass is 313 g/mol. The highest BCUT2D eigenvalue weighted by Crippen LogP contribution is 2.30. The molecule has 2 aliphatic heterocycles. The molecule has 1 aromatic rings. The lowest BCUT2D eigenvalue weighted by Crippen LogP contribution is -2.49. The molecule has 112 valence electrons. The zero-order valence-corrected chi connectivity index (χ0v) is 11.6. The van der Waals surface area contributed by atoms with Gasteiger partial charge in [-0.2, -0.15) is 4.31 Å². The zero-order valence-electron chi connectivity index (χ0n) is 10.8. The Balaban J connectivity index is 1.92. The summed E-state index contributed by atoms with van der Waals surface area (Å²) in [7, 11) is -4.05. The molecule has 2 heterocycles. The Bertz CT molecular complexity index is 736. The zero-order chi connectivity index (χ0) is 15.3. The second-order valence-corrected chi connectivity index (χ2v) is 6.92. The summed E-state index contributed by atoms with van der Waals surface area (Å²) in [6, 6.07) is 4.40. The van der Waals surface area contributed by atoms with Crippen molar-refractivity contribution in [2.75, 3.05) is 13.1 Å². The maximum atomic E-state index is 13.7. The van der Waals surface area contributed by atoms with Gasteiger partial charge in [-0.1, -0.05) is 12.1 Å². The minimum Gasteiger partial charge on any atom is -0.322 e. The number of carbonyl (C=O) groups excluding carboxylic acids is 2. The highest BCUT2D eigenvalue weighted by Gasteiger charge is 2.53.